The zero-order valence-corrected chi connectivity index (χ0v) is 11.7. The number of hydrogen-bond donors (Lipinski definition) is 1. The fraction of sp³-hybridized carbons (Fsp3) is 0.294. The third-order valence-corrected chi connectivity index (χ3v) is 3.03. The van der Waals surface area contributed by atoms with E-state index in [0.29, 0.717) is 6.61 Å². The minimum Gasteiger partial charge on any atom is -0.489 e. The lowest BCUT2D eigenvalue weighted by Gasteiger charge is -2.22. The Hall–Kier alpha value is -1.80. The van der Waals surface area contributed by atoms with E-state index in [9.17, 15) is 5.11 Å². The minimum absolute atomic E-state index is 0.507. The van der Waals surface area contributed by atoms with Crippen LogP contribution in [0.15, 0.2) is 48.5 Å². The maximum atomic E-state index is 10.2. The van der Waals surface area contributed by atoms with Crippen LogP contribution in [-0.4, -0.2) is 5.11 Å². The Bertz CT molecular complexity index is 539. The highest BCUT2D eigenvalue weighted by Gasteiger charge is 2.21. The van der Waals surface area contributed by atoms with E-state index in [-0.39, 0.29) is 0 Å². The van der Waals surface area contributed by atoms with Gasteiger partial charge in [0.25, 0.3) is 0 Å². The van der Waals surface area contributed by atoms with Gasteiger partial charge in [-0.1, -0.05) is 42.5 Å². The lowest BCUT2D eigenvalue weighted by Crippen LogP contribution is -2.17. The summed E-state index contributed by atoms with van der Waals surface area (Å²) in [5.41, 5.74) is 2.15. The van der Waals surface area contributed by atoms with Crippen molar-refractivity contribution >= 4 is 0 Å². The zero-order chi connectivity index (χ0) is 13.9. The van der Waals surface area contributed by atoms with Crippen molar-refractivity contribution in [1.29, 1.82) is 0 Å². The fourth-order valence-electron chi connectivity index (χ4n) is 1.99. The Morgan fingerprint density at radius 3 is 2.37 bits per heavy atom. The highest BCUT2D eigenvalue weighted by Crippen LogP contribution is 2.31. The van der Waals surface area contributed by atoms with E-state index in [0.717, 1.165) is 22.4 Å². The van der Waals surface area contributed by atoms with Gasteiger partial charge >= 0.3 is 0 Å². The van der Waals surface area contributed by atoms with Crippen LogP contribution < -0.4 is 4.74 Å². The topological polar surface area (TPSA) is 29.5 Å². The van der Waals surface area contributed by atoms with Crippen molar-refractivity contribution < 1.29 is 9.84 Å². The summed E-state index contributed by atoms with van der Waals surface area (Å²) < 4.78 is 5.87. The average molecular weight is 256 g/mol. The lowest BCUT2D eigenvalue weighted by atomic mass is 9.96. The highest BCUT2D eigenvalue weighted by atomic mass is 16.5. The maximum Gasteiger partial charge on any atom is 0.126 e. The Morgan fingerprint density at radius 2 is 1.74 bits per heavy atom. The van der Waals surface area contributed by atoms with Gasteiger partial charge in [0, 0.05) is 5.56 Å². The third kappa shape index (κ3) is 3.58. The van der Waals surface area contributed by atoms with Crippen molar-refractivity contribution in [1.82, 2.24) is 0 Å². The molecule has 2 rings (SSSR count). The molecule has 0 radical (unpaired) electrons. The summed E-state index contributed by atoms with van der Waals surface area (Å²) in [6, 6.07) is 15.9. The van der Waals surface area contributed by atoms with Gasteiger partial charge in [-0.2, -0.15) is 0 Å². The summed E-state index contributed by atoms with van der Waals surface area (Å²) in [6.45, 7) is 6.07. The molecule has 0 saturated heterocycles. The molecule has 2 aromatic rings. The molecule has 2 nitrogen and oxygen atoms in total. The quantitative estimate of drug-likeness (QED) is 0.901. The van der Waals surface area contributed by atoms with Crippen molar-refractivity contribution in [2.24, 2.45) is 0 Å². The van der Waals surface area contributed by atoms with Crippen LogP contribution in [0.1, 0.15) is 30.5 Å². The van der Waals surface area contributed by atoms with Crippen molar-refractivity contribution in [3.63, 3.8) is 0 Å². The molecule has 2 aromatic carbocycles. The van der Waals surface area contributed by atoms with Crippen molar-refractivity contribution in [2.45, 2.75) is 33.0 Å². The summed E-state index contributed by atoms with van der Waals surface area (Å²) in [5, 5.41) is 10.2. The summed E-state index contributed by atoms with van der Waals surface area (Å²) in [7, 11) is 0. The second-order valence-corrected chi connectivity index (χ2v) is 5.33. The predicted molar refractivity (Wildman–Crippen MR) is 77.2 cm³/mol. The van der Waals surface area contributed by atoms with Crippen molar-refractivity contribution in [3.05, 3.63) is 65.2 Å². The van der Waals surface area contributed by atoms with E-state index in [1.807, 2.05) is 55.5 Å². The van der Waals surface area contributed by atoms with Gasteiger partial charge in [0.15, 0.2) is 0 Å². The molecule has 0 heterocycles. The lowest BCUT2D eigenvalue weighted by molar-refractivity contribution is 0.0743. The van der Waals surface area contributed by atoms with Crippen LogP contribution in [-0.2, 0) is 12.2 Å². The standard InChI is InChI=1S/C17H20O2/c1-13-9-10-15(17(2,3)18)16(11-13)19-12-14-7-5-4-6-8-14/h4-11,18H,12H2,1-3H3. The number of benzene rings is 2. The Morgan fingerprint density at radius 1 is 1.05 bits per heavy atom. The summed E-state index contributed by atoms with van der Waals surface area (Å²) in [6.07, 6.45) is 0. The number of hydrogen-bond acceptors (Lipinski definition) is 2. The van der Waals surface area contributed by atoms with Gasteiger partial charge in [-0.15, -0.1) is 0 Å². The van der Waals surface area contributed by atoms with E-state index < -0.39 is 5.60 Å². The summed E-state index contributed by atoms with van der Waals surface area (Å²) >= 11 is 0. The maximum absolute atomic E-state index is 10.2. The molecule has 0 aliphatic rings. The second-order valence-electron chi connectivity index (χ2n) is 5.33. The Kier molecular flexibility index (Phi) is 3.91. The second kappa shape index (κ2) is 5.45. The smallest absolute Gasteiger partial charge is 0.126 e. The van der Waals surface area contributed by atoms with Crippen LogP contribution in [0.2, 0.25) is 0 Å². The van der Waals surface area contributed by atoms with Gasteiger partial charge in [-0.05, 0) is 38.0 Å². The Balaban J connectivity index is 2.22. The first-order chi connectivity index (χ1) is 8.97. The molecule has 0 unspecified atom stereocenters. The van der Waals surface area contributed by atoms with Crippen LogP contribution in [0.3, 0.4) is 0 Å². The van der Waals surface area contributed by atoms with Crippen LogP contribution in [0.25, 0.3) is 0 Å². The Labute approximate surface area is 114 Å². The van der Waals surface area contributed by atoms with Gasteiger partial charge in [0.05, 0.1) is 5.60 Å². The van der Waals surface area contributed by atoms with Gasteiger partial charge in [0.1, 0.15) is 12.4 Å². The normalized spacial score (nSPS) is 11.4. The number of aryl methyl sites for hydroxylation is 1. The molecule has 2 heteroatoms. The predicted octanol–water partition coefficient (Wildman–Crippen LogP) is 3.80. The highest BCUT2D eigenvalue weighted by molar-refractivity contribution is 5.40. The molecule has 0 amide bonds. The molecule has 19 heavy (non-hydrogen) atoms. The number of ether oxygens (including phenoxy) is 1. The minimum atomic E-state index is -0.903. The van der Waals surface area contributed by atoms with E-state index in [1.54, 1.807) is 13.8 Å². The molecule has 0 atom stereocenters. The molecule has 100 valence electrons. The van der Waals surface area contributed by atoms with Crippen molar-refractivity contribution in [3.8, 4) is 5.75 Å². The monoisotopic (exact) mass is 256 g/mol. The molecule has 0 fully saturated rings. The number of rotatable bonds is 4. The van der Waals surface area contributed by atoms with Crippen LogP contribution in [0, 0.1) is 6.92 Å². The van der Waals surface area contributed by atoms with Gasteiger partial charge in [-0.25, -0.2) is 0 Å². The molecule has 0 aromatic heterocycles. The largest absolute Gasteiger partial charge is 0.489 e. The summed E-state index contributed by atoms with van der Waals surface area (Å²) in [4.78, 5) is 0. The third-order valence-electron chi connectivity index (χ3n) is 3.03. The molecule has 0 spiro atoms. The van der Waals surface area contributed by atoms with Crippen LogP contribution >= 0.6 is 0 Å². The van der Waals surface area contributed by atoms with Crippen molar-refractivity contribution in [2.75, 3.05) is 0 Å². The van der Waals surface area contributed by atoms with E-state index in [4.69, 9.17) is 4.74 Å². The summed E-state index contributed by atoms with van der Waals surface area (Å²) in [5.74, 6) is 0.747. The number of aliphatic hydroxyl groups is 1. The van der Waals surface area contributed by atoms with Gasteiger partial charge < -0.3 is 9.84 Å². The van der Waals surface area contributed by atoms with Gasteiger partial charge in [0.2, 0.25) is 0 Å². The molecular formula is C17H20O2. The molecule has 0 bridgehead atoms. The van der Waals surface area contributed by atoms with Crippen LogP contribution in [0.5, 0.6) is 5.75 Å². The first-order valence-electron chi connectivity index (χ1n) is 6.47. The van der Waals surface area contributed by atoms with E-state index in [2.05, 4.69) is 0 Å². The molecular weight excluding hydrogens is 236 g/mol. The van der Waals surface area contributed by atoms with E-state index in [1.165, 1.54) is 0 Å². The SMILES string of the molecule is Cc1ccc(C(C)(C)O)c(OCc2ccccc2)c1. The zero-order valence-electron chi connectivity index (χ0n) is 11.7. The average Bonchev–Trinajstić information content (AvgIpc) is 2.36. The molecule has 0 saturated carbocycles. The first-order valence-corrected chi connectivity index (χ1v) is 6.47. The molecule has 0 aliphatic carbocycles. The first kappa shape index (κ1) is 13.6. The van der Waals surface area contributed by atoms with Gasteiger partial charge in [-0.3, -0.25) is 0 Å². The molecule has 1 N–H and O–H groups in total. The van der Waals surface area contributed by atoms with E-state index >= 15 is 0 Å². The fourth-order valence-corrected chi connectivity index (χ4v) is 1.99. The molecule has 0 aliphatic heterocycles. The van der Waals surface area contributed by atoms with Crippen LogP contribution in [0.4, 0.5) is 0 Å².